The Kier molecular flexibility index (Phi) is 7.41. The Balaban J connectivity index is 2.58. The highest BCUT2D eigenvalue weighted by atomic mass is 79.9. The molecule has 0 saturated heterocycles. The minimum absolute atomic E-state index is 0.262. The number of amides is 1. The number of hydrogen-bond acceptors (Lipinski definition) is 3. The van der Waals surface area contributed by atoms with E-state index in [0.717, 1.165) is 33.2 Å². The summed E-state index contributed by atoms with van der Waals surface area (Å²) < 4.78 is 7.56. The summed E-state index contributed by atoms with van der Waals surface area (Å²) in [6.07, 6.45) is 1.15. The van der Waals surface area contributed by atoms with Crippen molar-refractivity contribution in [1.29, 1.82) is 0 Å². The molecule has 0 fully saturated rings. The van der Waals surface area contributed by atoms with Gasteiger partial charge in [0.1, 0.15) is 5.75 Å². The van der Waals surface area contributed by atoms with Crippen molar-refractivity contribution in [3.05, 3.63) is 26.6 Å². The molecule has 0 saturated carbocycles. The fourth-order valence-corrected chi connectivity index (χ4v) is 3.09. The van der Waals surface area contributed by atoms with E-state index < -0.39 is 0 Å². The van der Waals surface area contributed by atoms with Gasteiger partial charge in [-0.15, -0.1) is 0 Å². The molecule has 0 bridgehead atoms. The van der Waals surface area contributed by atoms with E-state index in [-0.39, 0.29) is 5.91 Å². The number of benzene rings is 1. The molecule has 0 unspecified atom stereocenters. The van der Waals surface area contributed by atoms with Crippen LogP contribution < -0.4 is 15.8 Å². The molecule has 19 heavy (non-hydrogen) atoms. The topological polar surface area (TPSA) is 64.3 Å². The third-order valence-electron chi connectivity index (χ3n) is 2.47. The van der Waals surface area contributed by atoms with Crippen molar-refractivity contribution in [1.82, 2.24) is 5.32 Å². The van der Waals surface area contributed by atoms with E-state index in [9.17, 15) is 4.79 Å². The van der Waals surface area contributed by atoms with Gasteiger partial charge in [-0.2, -0.15) is 0 Å². The second kappa shape index (κ2) is 8.55. The van der Waals surface area contributed by atoms with Crippen LogP contribution >= 0.6 is 31.9 Å². The Labute approximate surface area is 130 Å². The molecule has 0 aromatic heterocycles. The second-order valence-corrected chi connectivity index (χ2v) is 5.83. The summed E-state index contributed by atoms with van der Waals surface area (Å²) in [6, 6.07) is 3.98. The van der Waals surface area contributed by atoms with Crippen LogP contribution in [0.1, 0.15) is 25.3 Å². The van der Waals surface area contributed by atoms with Crippen LogP contribution in [0, 0.1) is 0 Å². The molecule has 0 aliphatic rings. The molecule has 0 radical (unpaired) electrons. The van der Waals surface area contributed by atoms with E-state index >= 15 is 0 Å². The monoisotopic (exact) mass is 392 g/mol. The van der Waals surface area contributed by atoms with Gasteiger partial charge < -0.3 is 15.8 Å². The van der Waals surface area contributed by atoms with Gasteiger partial charge in [0.2, 0.25) is 5.91 Å². The van der Waals surface area contributed by atoms with Crippen LogP contribution in [0.2, 0.25) is 0 Å². The first-order chi connectivity index (χ1) is 9.04. The Morgan fingerprint density at radius 1 is 1.42 bits per heavy atom. The molecular formula is C13H18Br2N2O2. The normalized spacial score (nSPS) is 10.5. The average molecular weight is 394 g/mol. The van der Waals surface area contributed by atoms with Crippen molar-refractivity contribution in [3.8, 4) is 5.75 Å². The van der Waals surface area contributed by atoms with E-state index in [1.165, 1.54) is 0 Å². The number of hydrogen-bond donors (Lipinski definition) is 2. The Hall–Kier alpha value is -0.590. The number of primary amides is 1. The van der Waals surface area contributed by atoms with Crippen molar-refractivity contribution in [3.63, 3.8) is 0 Å². The summed E-state index contributed by atoms with van der Waals surface area (Å²) >= 11 is 6.96. The summed E-state index contributed by atoms with van der Waals surface area (Å²) in [5.41, 5.74) is 6.16. The molecule has 0 heterocycles. The van der Waals surface area contributed by atoms with Gasteiger partial charge in [0.15, 0.2) is 0 Å². The molecular weight excluding hydrogens is 376 g/mol. The van der Waals surface area contributed by atoms with Gasteiger partial charge in [-0.05, 0) is 48.0 Å². The lowest BCUT2D eigenvalue weighted by Gasteiger charge is -2.13. The van der Waals surface area contributed by atoms with Gasteiger partial charge in [0, 0.05) is 23.0 Å². The first kappa shape index (κ1) is 16.5. The molecule has 6 heteroatoms. The molecule has 4 nitrogen and oxygen atoms in total. The zero-order valence-corrected chi connectivity index (χ0v) is 14.0. The van der Waals surface area contributed by atoms with Crippen molar-refractivity contribution in [2.24, 2.45) is 5.73 Å². The van der Waals surface area contributed by atoms with Crippen LogP contribution in [0.5, 0.6) is 5.75 Å². The molecule has 0 aliphatic heterocycles. The maximum Gasteiger partial charge on any atom is 0.217 e. The lowest BCUT2D eigenvalue weighted by atomic mass is 10.2. The van der Waals surface area contributed by atoms with Crippen LogP contribution in [0.4, 0.5) is 0 Å². The van der Waals surface area contributed by atoms with E-state index in [4.69, 9.17) is 10.5 Å². The van der Waals surface area contributed by atoms with Crippen LogP contribution in [0.3, 0.4) is 0 Å². The van der Waals surface area contributed by atoms with E-state index in [1.807, 2.05) is 19.1 Å². The van der Waals surface area contributed by atoms with Crippen molar-refractivity contribution < 1.29 is 9.53 Å². The predicted molar refractivity (Wildman–Crippen MR) is 83.1 cm³/mol. The fraction of sp³-hybridized carbons (Fsp3) is 0.462. The highest BCUT2D eigenvalue weighted by Crippen LogP contribution is 2.32. The molecule has 1 aromatic carbocycles. The Bertz CT molecular complexity index is 439. The number of carbonyl (C=O) groups is 1. The minimum atomic E-state index is -0.262. The number of nitrogens with two attached hydrogens (primary N) is 1. The number of nitrogens with one attached hydrogen (secondary N) is 1. The lowest BCUT2D eigenvalue weighted by Crippen LogP contribution is -2.18. The fourth-order valence-electron chi connectivity index (χ4n) is 1.66. The van der Waals surface area contributed by atoms with Crippen molar-refractivity contribution in [2.75, 3.05) is 13.2 Å². The van der Waals surface area contributed by atoms with Gasteiger partial charge in [-0.1, -0.05) is 15.9 Å². The van der Waals surface area contributed by atoms with E-state index in [2.05, 4.69) is 37.2 Å². The molecule has 1 rings (SSSR count). The first-order valence-corrected chi connectivity index (χ1v) is 7.73. The van der Waals surface area contributed by atoms with E-state index in [0.29, 0.717) is 19.6 Å². The highest BCUT2D eigenvalue weighted by Gasteiger charge is 2.09. The average Bonchev–Trinajstić information content (AvgIpc) is 2.32. The zero-order chi connectivity index (χ0) is 14.3. The second-order valence-electron chi connectivity index (χ2n) is 4.06. The largest absolute Gasteiger partial charge is 0.492 e. The van der Waals surface area contributed by atoms with Crippen LogP contribution in [-0.4, -0.2) is 19.1 Å². The number of ether oxygens (including phenoxy) is 1. The van der Waals surface area contributed by atoms with E-state index in [1.54, 1.807) is 0 Å². The number of halogens is 2. The van der Waals surface area contributed by atoms with Gasteiger partial charge in [-0.25, -0.2) is 0 Å². The smallest absolute Gasteiger partial charge is 0.217 e. The molecule has 3 N–H and O–H groups in total. The molecule has 0 atom stereocenters. The predicted octanol–water partition coefficient (Wildman–Crippen LogP) is 2.97. The third kappa shape index (κ3) is 5.93. The summed E-state index contributed by atoms with van der Waals surface area (Å²) in [7, 11) is 0. The summed E-state index contributed by atoms with van der Waals surface area (Å²) in [5, 5.41) is 3.28. The SMILES string of the molecule is CCOc1c(Br)cc(Br)cc1CNCCCC(N)=O. The van der Waals surface area contributed by atoms with Crippen LogP contribution in [0.15, 0.2) is 21.1 Å². The zero-order valence-electron chi connectivity index (χ0n) is 10.8. The lowest BCUT2D eigenvalue weighted by molar-refractivity contribution is -0.118. The Morgan fingerprint density at radius 2 is 2.16 bits per heavy atom. The van der Waals surface area contributed by atoms with Gasteiger partial charge in [0.05, 0.1) is 11.1 Å². The standard InChI is InChI=1S/C13H18Br2N2O2/c1-2-19-13-9(6-10(14)7-11(13)15)8-17-5-3-4-12(16)18/h6-7,17H,2-5,8H2,1H3,(H2,16,18). The quantitative estimate of drug-likeness (QED) is 0.667. The third-order valence-corrected chi connectivity index (χ3v) is 3.51. The molecule has 0 spiro atoms. The van der Waals surface area contributed by atoms with Crippen molar-refractivity contribution >= 4 is 37.8 Å². The van der Waals surface area contributed by atoms with Gasteiger partial charge in [0.25, 0.3) is 0 Å². The number of rotatable bonds is 8. The van der Waals surface area contributed by atoms with Crippen LogP contribution in [0.25, 0.3) is 0 Å². The first-order valence-electron chi connectivity index (χ1n) is 6.14. The number of carbonyl (C=O) groups excluding carboxylic acids is 1. The van der Waals surface area contributed by atoms with Gasteiger partial charge >= 0.3 is 0 Å². The maximum absolute atomic E-state index is 10.6. The summed E-state index contributed by atoms with van der Waals surface area (Å²) in [6.45, 7) is 4.01. The van der Waals surface area contributed by atoms with Crippen molar-refractivity contribution in [2.45, 2.75) is 26.3 Å². The maximum atomic E-state index is 10.6. The highest BCUT2D eigenvalue weighted by molar-refractivity contribution is 9.11. The Morgan fingerprint density at radius 3 is 2.79 bits per heavy atom. The minimum Gasteiger partial charge on any atom is -0.492 e. The molecule has 106 valence electrons. The molecule has 1 amide bonds. The summed E-state index contributed by atoms with van der Waals surface area (Å²) in [4.78, 5) is 10.6. The van der Waals surface area contributed by atoms with Gasteiger partial charge in [-0.3, -0.25) is 4.79 Å². The molecule has 1 aromatic rings. The van der Waals surface area contributed by atoms with Crippen LogP contribution in [-0.2, 0) is 11.3 Å². The summed E-state index contributed by atoms with van der Waals surface area (Å²) in [5.74, 6) is 0.593. The molecule has 0 aliphatic carbocycles.